The Morgan fingerprint density at radius 3 is 1.91 bits per heavy atom. The predicted molar refractivity (Wildman–Crippen MR) is 49.4 cm³/mol. The number of hydrogen-bond acceptors (Lipinski definition) is 1. The SMILES string of the molecule is CC(C(C)(C)C#N)S(C)(C)F. The van der Waals surface area contributed by atoms with Gasteiger partial charge in [-0.15, -0.1) is 0 Å². The topological polar surface area (TPSA) is 23.8 Å². The van der Waals surface area contributed by atoms with Gasteiger partial charge in [0, 0.05) is 5.25 Å². The van der Waals surface area contributed by atoms with E-state index in [4.69, 9.17) is 5.26 Å². The van der Waals surface area contributed by atoms with Crippen molar-refractivity contribution in [3.8, 4) is 6.07 Å². The molecule has 0 saturated carbocycles. The third-order valence-electron chi connectivity index (χ3n) is 2.15. The van der Waals surface area contributed by atoms with Crippen LogP contribution in [0, 0.1) is 16.7 Å². The van der Waals surface area contributed by atoms with Crippen molar-refractivity contribution in [2.45, 2.75) is 26.0 Å². The monoisotopic (exact) mass is 177 g/mol. The summed E-state index contributed by atoms with van der Waals surface area (Å²) in [4.78, 5) is 0. The van der Waals surface area contributed by atoms with E-state index in [1.165, 1.54) is 0 Å². The molecule has 0 N–H and O–H groups in total. The van der Waals surface area contributed by atoms with Gasteiger partial charge in [-0.1, -0.05) is 17.3 Å². The average Bonchev–Trinajstić information content (AvgIpc) is 1.84. The van der Waals surface area contributed by atoms with Gasteiger partial charge in [0.2, 0.25) is 0 Å². The third kappa shape index (κ3) is 2.70. The molecule has 0 saturated heterocycles. The summed E-state index contributed by atoms with van der Waals surface area (Å²) in [5.41, 5.74) is -0.548. The Hall–Kier alpha value is -0.230. The summed E-state index contributed by atoms with van der Waals surface area (Å²) in [6.45, 7) is 5.37. The Balaban J connectivity index is 4.52. The standard InChI is InChI=1S/C8H16FNS/c1-7(11(4,5)9)8(2,3)6-10/h7H,1-5H3. The molecule has 0 aromatic carbocycles. The fraction of sp³-hybridized carbons (Fsp3) is 0.875. The normalized spacial score (nSPS) is 17.2. The van der Waals surface area contributed by atoms with E-state index in [2.05, 4.69) is 6.07 Å². The van der Waals surface area contributed by atoms with Crippen molar-refractivity contribution >= 4 is 10.4 Å². The van der Waals surface area contributed by atoms with Crippen molar-refractivity contribution < 1.29 is 3.89 Å². The van der Waals surface area contributed by atoms with Gasteiger partial charge in [0.05, 0.1) is 11.5 Å². The van der Waals surface area contributed by atoms with E-state index in [-0.39, 0.29) is 5.25 Å². The van der Waals surface area contributed by atoms with E-state index in [0.29, 0.717) is 0 Å². The Kier molecular flexibility index (Phi) is 2.96. The third-order valence-corrected chi connectivity index (χ3v) is 4.42. The van der Waals surface area contributed by atoms with Crippen LogP contribution in [-0.2, 0) is 0 Å². The molecule has 0 heterocycles. The molecule has 0 aliphatic carbocycles. The molecule has 1 unspecified atom stereocenters. The second-order valence-corrected chi connectivity index (χ2v) is 7.01. The van der Waals surface area contributed by atoms with Gasteiger partial charge >= 0.3 is 0 Å². The lowest BCUT2D eigenvalue weighted by molar-refractivity contribution is 0.480. The minimum atomic E-state index is -2.10. The molecule has 0 aromatic heterocycles. The van der Waals surface area contributed by atoms with Gasteiger partial charge in [-0.3, -0.25) is 0 Å². The molecule has 1 atom stereocenters. The van der Waals surface area contributed by atoms with Gasteiger partial charge in [0.15, 0.2) is 0 Å². The molecule has 0 amide bonds. The minimum absolute atomic E-state index is 0.167. The van der Waals surface area contributed by atoms with Crippen molar-refractivity contribution in [3.63, 3.8) is 0 Å². The van der Waals surface area contributed by atoms with Gasteiger partial charge in [0.1, 0.15) is 0 Å². The maximum atomic E-state index is 13.4. The molecule has 1 nitrogen and oxygen atoms in total. The number of rotatable bonds is 2. The largest absolute Gasteiger partial charge is 0.198 e. The quantitative estimate of drug-likeness (QED) is 0.636. The van der Waals surface area contributed by atoms with Crippen LogP contribution in [0.15, 0.2) is 0 Å². The van der Waals surface area contributed by atoms with E-state index in [9.17, 15) is 3.89 Å². The molecule has 0 fully saturated rings. The molecule has 3 heteroatoms. The number of nitrogens with zero attached hydrogens (tertiary/aromatic N) is 1. The fourth-order valence-electron chi connectivity index (χ4n) is 0.792. The minimum Gasteiger partial charge on any atom is -0.198 e. The van der Waals surface area contributed by atoms with E-state index in [0.717, 1.165) is 0 Å². The zero-order valence-corrected chi connectivity index (χ0v) is 8.63. The van der Waals surface area contributed by atoms with Gasteiger partial charge in [-0.05, 0) is 26.4 Å². The van der Waals surface area contributed by atoms with E-state index in [1.807, 2.05) is 0 Å². The molecule has 0 aliphatic rings. The highest BCUT2D eigenvalue weighted by molar-refractivity contribution is 8.29. The summed E-state index contributed by atoms with van der Waals surface area (Å²) >= 11 is 0. The first-order chi connectivity index (χ1) is 4.72. The predicted octanol–water partition coefficient (Wildman–Crippen LogP) is 2.87. The second kappa shape index (κ2) is 3.02. The van der Waals surface area contributed by atoms with Gasteiger partial charge in [-0.2, -0.15) is 9.15 Å². The summed E-state index contributed by atoms with van der Waals surface area (Å²) in [6.07, 6.45) is 3.19. The first kappa shape index (κ1) is 10.8. The molecule has 0 bridgehead atoms. The number of nitriles is 1. The highest BCUT2D eigenvalue weighted by atomic mass is 32.3. The maximum absolute atomic E-state index is 13.4. The van der Waals surface area contributed by atoms with E-state index >= 15 is 0 Å². The van der Waals surface area contributed by atoms with Crippen molar-refractivity contribution in [1.82, 2.24) is 0 Å². The Labute approximate surface area is 70.2 Å². The second-order valence-electron chi connectivity index (χ2n) is 3.75. The van der Waals surface area contributed by atoms with Crippen LogP contribution in [0.25, 0.3) is 0 Å². The molecule has 0 radical (unpaired) electrons. The van der Waals surface area contributed by atoms with Gasteiger partial charge < -0.3 is 0 Å². The Morgan fingerprint density at radius 2 is 1.82 bits per heavy atom. The maximum Gasteiger partial charge on any atom is 0.0695 e. The summed E-state index contributed by atoms with van der Waals surface area (Å²) < 4.78 is 13.4. The molecule has 0 aromatic rings. The molecule has 66 valence electrons. The lowest BCUT2D eigenvalue weighted by Gasteiger charge is -2.35. The van der Waals surface area contributed by atoms with Gasteiger partial charge in [0.25, 0.3) is 0 Å². The van der Waals surface area contributed by atoms with E-state index < -0.39 is 15.8 Å². The lowest BCUT2D eigenvalue weighted by atomic mass is 9.92. The van der Waals surface area contributed by atoms with Crippen LogP contribution in [0.1, 0.15) is 20.8 Å². The summed E-state index contributed by atoms with van der Waals surface area (Å²) in [7, 11) is -2.10. The fourth-order valence-corrected chi connectivity index (χ4v) is 2.25. The van der Waals surface area contributed by atoms with Crippen LogP contribution in [-0.4, -0.2) is 17.8 Å². The van der Waals surface area contributed by atoms with Crippen LogP contribution >= 0.6 is 10.4 Å². The van der Waals surface area contributed by atoms with Gasteiger partial charge in [-0.25, -0.2) is 0 Å². The molecule has 0 rings (SSSR count). The lowest BCUT2D eigenvalue weighted by Crippen LogP contribution is -2.27. The molecule has 11 heavy (non-hydrogen) atoms. The zero-order valence-electron chi connectivity index (χ0n) is 7.81. The Bertz CT molecular complexity index is 176. The van der Waals surface area contributed by atoms with Crippen LogP contribution in [0.4, 0.5) is 3.89 Å². The van der Waals surface area contributed by atoms with Crippen molar-refractivity contribution in [2.75, 3.05) is 12.5 Å². The van der Waals surface area contributed by atoms with E-state index in [1.54, 1.807) is 33.3 Å². The van der Waals surface area contributed by atoms with Crippen molar-refractivity contribution in [1.29, 1.82) is 5.26 Å². The average molecular weight is 177 g/mol. The Morgan fingerprint density at radius 1 is 1.45 bits per heavy atom. The van der Waals surface area contributed by atoms with Crippen molar-refractivity contribution in [3.05, 3.63) is 0 Å². The van der Waals surface area contributed by atoms with Crippen LogP contribution in [0.2, 0.25) is 0 Å². The summed E-state index contributed by atoms with van der Waals surface area (Å²) in [5, 5.41) is 8.56. The highest BCUT2D eigenvalue weighted by Crippen LogP contribution is 2.53. The highest BCUT2D eigenvalue weighted by Gasteiger charge is 2.34. The summed E-state index contributed by atoms with van der Waals surface area (Å²) in [5.74, 6) is 0. The number of hydrogen-bond donors (Lipinski definition) is 0. The van der Waals surface area contributed by atoms with Crippen LogP contribution in [0.3, 0.4) is 0 Å². The summed E-state index contributed by atoms with van der Waals surface area (Å²) in [6, 6.07) is 2.13. The molecule has 0 aliphatic heterocycles. The molecule has 0 spiro atoms. The van der Waals surface area contributed by atoms with Crippen LogP contribution < -0.4 is 0 Å². The molecular weight excluding hydrogens is 161 g/mol. The first-order valence-electron chi connectivity index (χ1n) is 3.55. The number of halogens is 1. The van der Waals surface area contributed by atoms with Crippen LogP contribution in [0.5, 0.6) is 0 Å². The molecular formula is C8H16FNS. The van der Waals surface area contributed by atoms with Crippen molar-refractivity contribution in [2.24, 2.45) is 5.41 Å². The first-order valence-corrected chi connectivity index (χ1v) is 5.96. The smallest absolute Gasteiger partial charge is 0.0695 e. The zero-order chi connectivity index (χ0) is 9.28.